The summed E-state index contributed by atoms with van der Waals surface area (Å²) >= 11 is 0. The monoisotopic (exact) mass is 303 g/mol. The fourth-order valence-electron chi connectivity index (χ4n) is 2.27. The Hall–Kier alpha value is -0.970. The molecule has 4 nitrogen and oxygen atoms in total. The first-order chi connectivity index (χ1) is 8.42. The van der Waals surface area contributed by atoms with E-state index >= 15 is 0 Å². The van der Waals surface area contributed by atoms with E-state index in [9.17, 15) is 0 Å². The molecule has 19 heavy (non-hydrogen) atoms. The van der Waals surface area contributed by atoms with Crippen LogP contribution in [0.25, 0.3) is 10.9 Å². The zero-order valence-electron chi connectivity index (χ0n) is 10.6. The van der Waals surface area contributed by atoms with Crippen molar-refractivity contribution < 1.29 is 4.74 Å². The van der Waals surface area contributed by atoms with Gasteiger partial charge in [-0.2, -0.15) is 5.10 Å². The van der Waals surface area contributed by atoms with Crippen LogP contribution in [0.5, 0.6) is 5.75 Å². The van der Waals surface area contributed by atoms with Gasteiger partial charge in [-0.05, 0) is 50.0 Å². The molecular formula is C13H19Cl2N3O. The summed E-state index contributed by atoms with van der Waals surface area (Å²) in [7, 11) is 0. The Balaban J connectivity index is 0.000000902. The summed E-state index contributed by atoms with van der Waals surface area (Å²) in [6, 6.07) is 6.06. The van der Waals surface area contributed by atoms with Crippen molar-refractivity contribution in [3.63, 3.8) is 0 Å². The predicted octanol–water partition coefficient (Wildman–Crippen LogP) is 2.78. The van der Waals surface area contributed by atoms with Gasteiger partial charge in [0.15, 0.2) is 0 Å². The number of fused-ring (bicyclic) bond motifs is 1. The average Bonchev–Trinajstić information content (AvgIpc) is 2.85. The zero-order valence-corrected chi connectivity index (χ0v) is 12.2. The normalized spacial score (nSPS) is 15.6. The highest BCUT2D eigenvalue weighted by Gasteiger charge is 2.13. The van der Waals surface area contributed by atoms with E-state index in [4.69, 9.17) is 4.74 Å². The van der Waals surface area contributed by atoms with E-state index < -0.39 is 0 Å². The second-order valence-corrected chi connectivity index (χ2v) is 4.62. The molecule has 0 unspecified atom stereocenters. The van der Waals surface area contributed by atoms with Crippen LogP contribution >= 0.6 is 24.8 Å². The minimum Gasteiger partial charge on any atom is -0.493 e. The van der Waals surface area contributed by atoms with Crippen LogP contribution in [0.4, 0.5) is 0 Å². The first kappa shape index (κ1) is 16.1. The molecule has 2 aromatic rings. The molecule has 1 aromatic carbocycles. The summed E-state index contributed by atoms with van der Waals surface area (Å²) < 4.78 is 5.85. The molecule has 1 aromatic heterocycles. The molecule has 3 rings (SSSR count). The molecule has 106 valence electrons. The summed E-state index contributed by atoms with van der Waals surface area (Å²) in [6.45, 7) is 3.06. The van der Waals surface area contributed by atoms with Gasteiger partial charge in [-0.3, -0.25) is 5.10 Å². The Kier molecular flexibility index (Phi) is 6.42. The number of ether oxygens (including phenoxy) is 1. The minimum atomic E-state index is 0. The first-order valence-corrected chi connectivity index (χ1v) is 6.18. The number of rotatable bonds is 3. The Morgan fingerprint density at radius 2 is 2.00 bits per heavy atom. The SMILES string of the molecule is Cl.Cl.c1cc2[nH]ncc2cc1OCC1CCNCC1. The highest BCUT2D eigenvalue weighted by Crippen LogP contribution is 2.20. The number of halogens is 2. The molecule has 0 bridgehead atoms. The summed E-state index contributed by atoms with van der Waals surface area (Å²) in [5.74, 6) is 1.63. The lowest BCUT2D eigenvalue weighted by molar-refractivity contribution is 0.215. The lowest BCUT2D eigenvalue weighted by Crippen LogP contribution is -2.30. The molecule has 0 saturated carbocycles. The molecule has 1 saturated heterocycles. The van der Waals surface area contributed by atoms with Crippen molar-refractivity contribution in [2.75, 3.05) is 19.7 Å². The lowest BCUT2D eigenvalue weighted by Gasteiger charge is -2.22. The van der Waals surface area contributed by atoms with Crippen LogP contribution in [0.1, 0.15) is 12.8 Å². The first-order valence-electron chi connectivity index (χ1n) is 6.18. The molecule has 0 aliphatic carbocycles. The topological polar surface area (TPSA) is 49.9 Å². The number of aromatic nitrogens is 2. The van der Waals surface area contributed by atoms with Crippen molar-refractivity contribution >= 4 is 35.7 Å². The summed E-state index contributed by atoms with van der Waals surface area (Å²) in [5.41, 5.74) is 1.05. The number of nitrogens with zero attached hydrogens (tertiary/aromatic N) is 1. The van der Waals surface area contributed by atoms with Gasteiger partial charge in [0.05, 0.1) is 18.3 Å². The van der Waals surface area contributed by atoms with Crippen molar-refractivity contribution in [2.45, 2.75) is 12.8 Å². The molecule has 0 atom stereocenters. The van der Waals surface area contributed by atoms with E-state index in [-0.39, 0.29) is 24.8 Å². The van der Waals surface area contributed by atoms with E-state index in [1.807, 2.05) is 24.4 Å². The highest BCUT2D eigenvalue weighted by atomic mass is 35.5. The highest BCUT2D eigenvalue weighted by molar-refractivity contribution is 5.85. The van der Waals surface area contributed by atoms with E-state index in [0.717, 1.165) is 36.3 Å². The molecule has 1 aliphatic rings. The number of H-pyrrole nitrogens is 1. The quantitative estimate of drug-likeness (QED) is 0.917. The van der Waals surface area contributed by atoms with Gasteiger partial charge in [0.1, 0.15) is 5.75 Å². The molecule has 0 spiro atoms. The van der Waals surface area contributed by atoms with E-state index in [2.05, 4.69) is 15.5 Å². The van der Waals surface area contributed by atoms with Crippen molar-refractivity contribution in [3.05, 3.63) is 24.4 Å². The van der Waals surface area contributed by atoms with Gasteiger partial charge in [0, 0.05) is 5.39 Å². The van der Waals surface area contributed by atoms with E-state index in [1.165, 1.54) is 12.8 Å². The third-order valence-electron chi connectivity index (χ3n) is 3.36. The molecule has 2 N–H and O–H groups in total. The van der Waals surface area contributed by atoms with Gasteiger partial charge in [-0.15, -0.1) is 24.8 Å². The second-order valence-electron chi connectivity index (χ2n) is 4.62. The fraction of sp³-hybridized carbons (Fsp3) is 0.462. The van der Waals surface area contributed by atoms with Crippen molar-refractivity contribution in [1.82, 2.24) is 15.5 Å². The molecule has 0 radical (unpaired) electrons. The number of hydrogen-bond acceptors (Lipinski definition) is 3. The average molecular weight is 304 g/mol. The molecule has 1 aliphatic heterocycles. The number of hydrogen-bond donors (Lipinski definition) is 2. The maximum Gasteiger partial charge on any atom is 0.120 e. The van der Waals surface area contributed by atoms with Crippen LogP contribution in [-0.2, 0) is 0 Å². The Morgan fingerprint density at radius 3 is 2.79 bits per heavy atom. The van der Waals surface area contributed by atoms with Gasteiger partial charge in [0.25, 0.3) is 0 Å². The van der Waals surface area contributed by atoms with Gasteiger partial charge in [-0.1, -0.05) is 0 Å². The summed E-state index contributed by atoms with van der Waals surface area (Å²) in [4.78, 5) is 0. The molecule has 1 fully saturated rings. The molecular weight excluding hydrogens is 285 g/mol. The van der Waals surface area contributed by atoms with Crippen LogP contribution < -0.4 is 10.1 Å². The van der Waals surface area contributed by atoms with Crippen LogP contribution in [0.2, 0.25) is 0 Å². The number of aromatic amines is 1. The standard InChI is InChI=1S/C13H17N3O.2ClH/c1-2-13-11(8-15-16-13)7-12(1)17-9-10-3-5-14-6-4-10;;/h1-2,7-8,10,14H,3-6,9H2,(H,15,16);2*1H. The van der Waals surface area contributed by atoms with Crippen LogP contribution in [-0.4, -0.2) is 29.9 Å². The second kappa shape index (κ2) is 7.58. The largest absolute Gasteiger partial charge is 0.493 e. The van der Waals surface area contributed by atoms with E-state index in [1.54, 1.807) is 0 Å². The van der Waals surface area contributed by atoms with Crippen molar-refractivity contribution in [1.29, 1.82) is 0 Å². The molecule has 2 heterocycles. The van der Waals surface area contributed by atoms with Gasteiger partial charge < -0.3 is 10.1 Å². The zero-order chi connectivity index (χ0) is 11.5. The molecule has 6 heteroatoms. The number of benzene rings is 1. The number of nitrogens with one attached hydrogen (secondary N) is 2. The maximum atomic E-state index is 5.85. The smallest absolute Gasteiger partial charge is 0.120 e. The van der Waals surface area contributed by atoms with Crippen LogP contribution in [0.3, 0.4) is 0 Å². The Bertz CT molecular complexity index is 497. The Labute approximate surface area is 125 Å². The van der Waals surface area contributed by atoms with E-state index in [0.29, 0.717) is 5.92 Å². The fourth-order valence-corrected chi connectivity index (χ4v) is 2.27. The third kappa shape index (κ3) is 4.00. The van der Waals surface area contributed by atoms with Crippen LogP contribution in [0, 0.1) is 5.92 Å². The van der Waals surface area contributed by atoms with Gasteiger partial charge in [-0.25, -0.2) is 0 Å². The third-order valence-corrected chi connectivity index (χ3v) is 3.36. The molecule has 0 amide bonds. The van der Waals surface area contributed by atoms with Crippen molar-refractivity contribution in [2.24, 2.45) is 5.92 Å². The van der Waals surface area contributed by atoms with Gasteiger partial charge >= 0.3 is 0 Å². The Morgan fingerprint density at radius 1 is 1.21 bits per heavy atom. The van der Waals surface area contributed by atoms with Crippen molar-refractivity contribution in [3.8, 4) is 5.75 Å². The van der Waals surface area contributed by atoms with Crippen LogP contribution in [0.15, 0.2) is 24.4 Å². The summed E-state index contributed by atoms with van der Waals surface area (Å²) in [6.07, 6.45) is 4.26. The maximum absolute atomic E-state index is 5.85. The van der Waals surface area contributed by atoms with Gasteiger partial charge in [0.2, 0.25) is 0 Å². The summed E-state index contributed by atoms with van der Waals surface area (Å²) in [5, 5.41) is 11.4. The predicted molar refractivity (Wildman–Crippen MR) is 81.7 cm³/mol. The minimum absolute atomic E-state index is 0. The number of piperidine rings is 1. The lowest BCUT2D eigenvalue weighted by atomic mass is 9.99.